The number of rotatable bonds is 5. The second-order valence-corrected chi connectivity index (χ2v) is 7.05. The van der Waals surface area contributed by atoms with E-state index in [1.807, 2.05) is 24.0 Å². The van der Waals surface area contributed by atoms with Gasteiger partial charge in [0.25, 0.3) is 0 Å². The molecule has 1 saturated heterocycles. The van der Waals surface area contributed by atoms with E-state index in [-0.39, 0.29) is 5.91 Å². The van der Waals surface area contributed by atoms with Gasteiger partial charge in [0, 0.05) is 56.8 Å². The summed E-state index contributed by atoms with van der Waals surface area (Å²) in [5.41, 5.74) is 3.30. The lowest BCUT2D eigenvalue weighted by Gasteiger charge is -2.25. The Morgan fingerprint density at radius 1 is 1.36 bits per heavy atom. The first-order valence-electron chi connectivity index (χ1n) is 9.07. The third kappa shape index (κ3) is 3.54. The minimum Gasteiger partial charge on any atom is -0.370 e. The number of hydrogen-bond donors (Lipinski definition) is 2. The van der Waals surface area contributed by atoms with Crippen LogP contribution in [-0.4, -0.2) is 35.3 Å². The summed E-state index contributed by atoms with van der Waals surface area (Å²) in [5, 5.41) is 11.5. The highest BCUT2D eigenvalue weighted by Crippen LogP contribution is 2.22. The molecule has 4 rings (SSSR count). The maximum atomic E-state index is 11.9. The van der Waals surface area contributed by atoms with Crippen molar-refractivity contribution in [2.45, 2.75) is 32.9 Å². The van der Waals surface area contributed by atoms with Crippen molar-refractivity contribution in [3.63, 3.8) is 0 Å². The van der Waals surface area contributed by atoms with Crippen molar-refractivity contribution in [2.75, 3.05) is 29.9 Å². The summed E-state index contributed by atoms with van der Waals surface area (Å²) in [6.45, 7) is 6.55. The average molecular weight is 339 g/mol. The molecule has 1 aromatic heterocycles. The quantitative estimate of drug-likeness (QED) is 0.876. The highest BCUT2D eigenvalue weighted by Gasteiger charge is 2.22. The molecule has 2 N–H and O–H groups in total. The second kappa shape index (κ2) is 6.88. The number of nitrogens with zero attached hydrogens (tertiary/aromatic N) is 3. The van der Waals surface area contributed by atoms with Gasteiger partial charge in [-0.1, -0.05) is 12.1 Å². The number of amides is 1. The zero-order chi connectivity index (χ0) is 17.2. The summed E-state index contributed by atoms with van der Waals surface area (Å²) in [4.78, 5) is 13.8. The molecule has 1 atom stereocenters. The minimum atomic E-state index is 0.240. The smallest absolute Gasteiger partial charge is 0.227 e. The number of aromatic nitrogens is 2. The zero-order valence-electron chi connectivity index (χ0n) is 14.7. The molecule has 3 heterocycles. The van der Waals surface area contributed by atoms with Crippen LogP contribution in [0.1, 0.15) is 24.1 Å². The van der Waals surface area contributed by atoms with Crippen molar-refractivity contribution in [3.05, 3.63) is 41.6 Å². The lowest BCUT2D eigenvalue weighted by Crippen LogP contribution is -2.35. The van der Waals surface area contributed by atoms with Crippen molar-refractivity contribution in [2.24, 2.45) is 5.92 Å². The Morgan fingerprint density at radius 2 is 2.28 bits per heavy atom. The normalized spacial score (nSPS) is 19.8. The summed E-state index contributed by atoms with van der Waals surface area (Å²) in [6.07, 6.45) is 1.64. The van der Waals surface area contributed by atoms with Crippen LogP contribution in [0.25, 0.3) is 0 Å². The van der Waals surface area contributed by atoms with Crippen LogP contribution in [0.15, 0.2) is 30.3 Å². The molecular weight excluding hydrogens is 314 g/mol. The molecular formula is C19H25N5O. The summed E-state index contributed by atoms with van der Waals surface area (Å²) >= 11 is 0. The number of fused-ring (bicyclic) bond motifs is 1. The van der Waals surface area contributed by atoms with Crippen LogP contribution in [0, 0.1) is 12.8 Å². The van der Waals surface area contributed by atoms with E-state index in [1.54, 1.807) is 0 Å². The Morgan fingerprint density at radius 3 is 3.12 bits per heavy atom. The van der Waals surface area contributed by atoms with E-state index in [0.717, 1.165) is 56.3 Å². The first-order chi connectivity index (χ1) is 12.2. The second-order valence-electron chi connectivity index (χ2n) is 7.05. The van der Waals surface area contributed by atoms with Crippen molar-refractivity contribution in [1.29, 1.82) is 0 Å². The number of carbonyl (C=O) groups is 1. The van der Waals surface area contributed by atoms with Crippen LogP contribution in [-0.2, 0) is 17.9 Å². The largest absolute Gasteiger partial charge is 0.370 e. The number of anilines is 2. The molecule has 1 fully saturated rings. The number of nitrogens with one attached hydrogen (secondary N) is 2. The molecule has 25 heavy (non-hydrogen) atoms. The van der Waals surface area contributed by atoms with Gasteiger partial charge in [0.05, 0.1) is 5.69 Å². The van der Waals surface area contributed by atoms with Gasteiger partial charge in [-0.25, -0.2) is 4.68 Å². The lowest BCUT2D eigenvalue weighted by molar-refractivity contribution is -0.117. The van der Waals surface area contributed by atoms with Crippen molar-refractivity contribution in [3.8, 4) is 0 Å². The topological polar surface area (TPSA) is 62.2 Å². The first-order valence-corrected chi connectivity index (χ1v) is 9.07. The van der Waals surface area contributed by atoms with Gasteiger partial charge >= 0.3 is 0 Å². The third-order valence-corrected chi connectivity index (χ3v) is 4.96. The van der Waals surface area contributed by atoms with Gasteiger partial charge < -0.3 is 15.5 Å². The van der Waals surface area contributed by atoms with Gasteiger partial charge in [-0.3, -0.25) is 4.79 Å². The van der Waals surface area contributed by atoms with Crippen LogP contribution in [0.4, 0.5) is 11.5 Å². The van der Waals surface area contributed by atoms with Crippen molar-refractivity contribution >= 4 is 17.4 Å². The maximum Gasteiger partial charge on any atom is 0.227 e. The fourth-order valence-electron chi connectivity index (χ4n) is 3.70. The minimum absolute atomic E-state index is 0.240. The monoisotopic (exact) mass is 339 g/mol. The van der Waals surface area contributed by atoms with E-state index in [0.29, 0.717) is 12.3 Å². The number of aryl methyl sites for hydroxylation is 1. The summed E-state index contributed by atoms with van der Waals surface area (Å²) in [6, 6.07) is 10.4. The number of carbonyl (C=O) groups excluding carboxylic acids is 1. The first kappa shape index (κ1) is 16.1. The molecule has 6 nitrogen and oxygen atoms in total. The van der Waals surface area contributed by atoms with Crippen molar-refractivity contribution < 1.29 is 4.79 Å². The van der Waals surface area contributed by atoms with Gasteiger partial charge in [-0.2, -0.15) is 5.10 Å². The summed E-state index contributed by atoms with van der Waals surface area (Å²) in [5.74, 6) is 1.88. The molecule has 0 bridgehead atoms. The van der Waals surface area contributed by atoms with Crippen LogP contribution in [0.2, 0.25) is 0 Å². The molecule has 2 aliphatic heterocycles. The van der Waals surface area contributed by atoms with Crippen LogP contribution >= 0.6 is 0 Å². The van der Waals surface area contributed by atoms with E-state index >= 15 is 0 Å². The van der Waals surface area contributed by atoms with Crippen LogP contribution in [0.5, 0.6) is 0 Å². The molecule has 2 aromatic rings. The van der Waals surface area contributed by atoms with Crippen LogP contribution in [0.3, 0.4) is 0 Å². The third-order valence-electron chi connectivity index (χ3n) is 4.96. The number of benzene rings is 1. The SMILES string of the molecule is Cc1cc2n(n1)C[C@H](CNCc1cccc(N3CCCC3=O)c1)CN2. The van der Waals surface area contributed by atoms with Gasteiger partial charge in [0.1, 0.15) is 5.82 Å². The van der Waals surface area contributed by atoms with Gasteiger partial charge in [0.15, 0.2) is 0 Å². The van der Waals surface area contributed by atoms with E-state index in [4.69, 9.17) is 0 Å². The Labute approximate surface area is 148 Å². The fraction of sp³-hybridized carbons (Fsp3) is 0.474. The summed E-state index contributed by atoms with van der Waals surface area (Å²) in [7, 11) is 0. The van der Waals surface area contributed by atoms with Gasteiger partial charge in [-0.05, 0) is 31.0 Å². The molecule has 0 spiro atoms. The Balaban J connectivity index is 1.31. The highest BCUT2D eigenvalue weighted by molar-refractivity contribution is 5.95. The molecule has 0 unspecified atom stereocenters. The molecule has 0 aliphatic carbocycles. The Bertz CT molecular complexity index is 769. The predicted molar refractivity (Wildman–Crippen MR) is 98.7 cm³/mol. The van der Waals surface area contributed by atoms with Crippen LogP contribution < -0.4 is 15.5 Å². The molecule has 0 saturated carbocycles. The van der Waals surface area contributed by atoms with Gasteiger partial charge in [-0.15, -0.1) is 0 Å². The van der Waals surface area contributed by atoms with E-state index < -0.39 is 0 Å². The van der Waals surface area contributed by atoms with Gasteiger partial charge in [0.2, 0.25) is 5.91 Å². The molecule has 0 radical (unpaired) electrons. The standard InChI is InChI=1S/C19H25N5O/c1-14-8-18-21-12-16(13-24(18)22-14)11-20-10-15-4-2-5-17(9-15)23-7-3-6-19(23)25/h2,4-5,8-9,16,20-21H,3,6-7,10-13H2,1H3/t16-/m1/s1. The average Bonchev–Trinajstić information content (AvgIpc) is 3.19. The molecule has 132 valence electrons. The van der Waals surface area contributed by atoms with E-state index in [1.165, 1.54) is 5.56 Å². The molecule has 1 aromatic carbocycles. The maximum absolute atomic E-state index is 11.9. The fourth-order valence-corrected chi connectivity index (χ4v) is 3.70. The molecule has 6 heteroatoms. The van der Waals surface area contributed by atoms with E-state index in [2.05, 4.69) is 38.6 Å². The highest BCUT2D eigenvalue weighted by atomic mass is 16.2. The molecule has 1 amide bonds. The summed E-state index contributed by atoms with van der Waals surface area (Å²) < 4.78 is 2.06. The molecule has 2 aliphatic rings. The Hall–Kier alpha value is -2.34. The predicted octanol–water partition coefficient (Wildman–Crippen LogP) is 2.15. The zero-order valence-corrected chi connectivity index (χ0v) is 14.7. The van der Waals surface area contributed by atoms with Crippen molar-refractivity contribution in [1.82, 2.24) is 15.1 Å². The number of hydrogen-bond acceptors (Lipinski definition) is 4. The van der Waals surface area contributed by atoms with E-state index in [9.17, 15) is 4.79 Å². The Kier molecular flexibility index (Phi) is 4.44. The lowest BCUT2D eigenvalue weighted by atomic mass is 10.1.